The summed E-state index contributed by atoms with van der Waals surface area (Å²) in [6, 6.07) is 2.77. The van der Waals surface area contributed by atoms with E-state index in [4.69, 9.17) is 15.2 Å². The van der Waals surface area contributed by atoms with Gasteiger partial charge in [-0.05, 0) is 6.07 Å². The lowest BCUT2D eigenvalue weighted by Gasteiger charge is -2.10. The molecule has 0 amide bonds. The van der Waals surface area contributed by atoms with E-state index >= 15 is 0 Å². The molecule has 0 radical (unpaired) electrons. The van der Waals surface area contributed by atoms with Crippen LogP contribution >= 0.6 is 0 Å². The fraction of sp³-hybridized carbons (Fsp3) is 0.182. The molecule has 0 fully saturated rings. The fourth-order valence-corrected chi connectivity index (χ4v) is 1.57. The maximum absolute atomic E-state index is 13.9. The van der Waals surface area contributed by atoms with Gasteiger partial charge in [0.2, 0.25) is 0 Å². The number of nitrogens with zero attached hydrogens (tertiary/aromatic N) is 1. The van der Waals surface area contributed by atoms with Crippen LogP contribution in [0.5, 0.6) is 11.5 Å². The van der Waals surface area contributed by atoms with E-state index in [1.165, 1.54) is 32.5 Å². The van der Waals surface area contributed by atoms with Crippen molar-refractivity contribution >= 4 is 5.82 Å². The normalized spacial score (nSPS) is 10.3. The number of methoxy groups -OCH3 is 2. The number of ether oxygens (including phenoxy) is 2. The molecule has 2 rings (SSSR count). The van der Waals surface area contributed by atoms with Gasteiger partial charge < -0.3 is 15.2 Å². The van der Waals surface area contributed by atoms with Gasteiger partial charge >= 0.3 is 0 Å². The van der Waals surface area contributed by atoms with Crippen molar-refractivity contribution in [3.8, 4) is 22.6 Å². The number of nitrogens with two attached hydrogens (primary N) is 1. The second-order valence-electron chi connectivity index (χ2n) is 3.38. The van der Waals surface area contributed by atoms with Gasteiger partial charge in [-0.15, -0.1) is 0 Å². The molecule has 0 unspecified atom stereocenters. The van der Waals surface area contributed by atoms with Crippen LogP contribution in [0, 0.1) is 5.82 Å². The van der Waals surface area contributed by atoms with E-state index in [0.29, 0.717) is 28.4 Å². The van der Waals surface area contributed by atoms with Crippen molar-refractivity contribution in [3.05, 3.63) is 24.1 Å². The van der Waals surface area contributed by atoms with Crippen LogP contribution < -0.4 is 15.2 Å². The Morgan fingerprint density at radius 1 is 1.18 bits per heavy atom. The van der Waals surface area contributed by atoms with E-state index < -0.39 is 5.82 Å². The summed E-state index contributed by atoms with van der Waals surface area (Å²) in [5, 5.41) is 6.30. The quantitative estimate of drug-likeness (QED) is 0.853. The van der Waals surface area contributed by atoms with Crippen molar-refractivity contribution in [2.75, 3.05) is 20.0 Å². The lowest BCUT2D eigenvalue weighted by molar-refractivity contribution is 0.352. The smallest absolute Gasteiger partial charge is 0.163 e. The third kappa shape index (κ3) is 1.89. The molecule has 17 heavy (non-hydrogen) atoms. The number of benzene rings is 1. The molecule has 0 aliphatic carbocycles. The Morgan fingerprint density at radius 2 is 1.82 bits per heavy atom. The number of nitrogen functional groups attached to an aromatic ring is 1. The van der Waals surface area contributed by atoms with E-state index in [9.17, 15) is 4.39 Å². The Labute approximate surface area is 97.3 Å². The number of halogens is 1. The van der Waals surface area contributed by atoms with Crippen LogP contribution in [0.15, 0.2) is 18.3 Å². The van der Waals surface area contributed by atoms with E-state index in [-0.39, 0.29) is 0 Å². The fourth-order valence-electron chi connectivity index (χ4n) is 1.57. The number of hydrogen-bond acceptors (Lipinski definition) is 4. The summed E-state index contributed by atoms with van der Waals surface area (Å²) in [5.41, 5.74) is 6.45. The number of anilines is 1. The lowest BCUT2D eigenvalue weighted by atomic mass is 10.1. The van der Waals surface area contributed by atoms with Crippen molar-refractivity contribution in [1.82, 2.24) is 10.2 Å². The number of hydrogen-bond donors (Lipinski definition) is 2. The van der Waals surface area contributed by atoms with Crippen LogP contribution in [-0.4, -0.2) is 24.4 Å². The number of aromatic amines is 1. The van der Waals surface area contributed by atoms with Gasteiger partial charge in [0.15, 0.2) is 11.5 Å². The first-order chi connectivity index (χ1) is 8.17. The molecule has 0 aliphatic rings. The predicted octanol–water partition coefficient (Wildman–Crippen LogP) is 1.82. The van der Waals surface area contributed by atoms with Crippen LogP contribution in [0.25, 0.3) is 11.1 Å². The largest absolute Gasteiger partial charge is 0.493 e. The molecular formula is C11H12FN3O2. The van der Waals surface area contributed by atoms with Crippen molar-refractivity contribution in [2.45, 2.75) is 0 Å². The molecule has 0 saturated heterocycles. The molecule has 6 heteroatoms. The molecule has 5 nitrogen and oxygen atoms in total. The molecule has 3 N–H and O–H groups in total. The molecule has 0 atom stereocenters. The lowest BCUT2D eigenvalue weighted by Crippen LogP contribution is -1.95. The minimum absolute atomic E-state index is 0.302. The van der Waals surface area contributed by atoms with Gasteiger partial charge in [0.25, 0.3) is 0 Å². The summed E-state index contributed by atoms with van der Waals surface area (Å²) in [7, 11) is 2.93. The Balaban J connectivity index is 2.59. The molecule has 1 heterocycles. The zero-order valence-electron chi connectivity index (χ0n) is 9.45. The minimum atomic E-state index is -0.448. The van der Waals surface area contributed by atoms with Crippen molar-refractivity contribution < 1.29 is 13.9 Å². The van der Waals surface area contributed by atoms with Gasteiger partial charge in [-0.25, -0.2) is 4.39 Å². The summed E-state index contributed by atoms with van der Waals surface area (Å²) in [5.74, 6) is 0.618. The van der Waals surface area contributed by atoms with Crippen LogP contribution in [0.2, 0.25) is 0 Å². The zero-order valence-corrected chi connectivity index (χ0v) is 9.45. The average Bonchev–Trinajstić information content (AvgIpc) is 2.75. The Kier molecular flexibility index (Phi) is 2.86. The van der Waals surface area contributed by atoms with E-state index in [0.717, 1.165) is 0 Å². The standard InChI is InChI=1S/C11H12FN3O2/c1-16-9-3-6(7-5-14-15-11(7)13)8(12)4-10(9)17-2/h3-5H,1-2H3,(H3,13,14,15). The third-order valence-corrected chi connectivity index (χ3v) is 2.43. The van der Waals surface area contributed by atoms with Gasteiger partial charge in [0.05, 0.1) is 20.4 Å². The highest BCUT2D eigenvalue weighted by Crippen LogP contribution is 2.36. The molecular weight excluding hydrogens is 225 g/mol. The molecule has 0 aliphatic heterocycles. The number of rotatable bonds is 3. The first kappa shape index (κ1) is 11.3. The van der Waals surface area contributed by atoms with Gasteiger partial charge in [-0.1, -0.05) is 0 Å². The average molecular weight is 237 g/mol. The first-order valence-electron chi connectivity index (χ1n) is 4.88. The van der Waals surface area contributed by atoms with E-state index in [2.05, 4.69) is 10.2 Å². The minimum Gasteiger partial charge on any atom is -0.493 e. The van der Waals surface area contributed by atoms with Crippen molar-refractivity contribution in [2.24, 2.45) is 0 Å². The summed E-state index contributed by atoms with van der Waals surface area (Å²) in [6.45, 7) is 0. The highest BCUT2D eigenvalue weighted by atomic mass is 19.1. The van der Waals surface area contributed by atoms with Crippen molar-refractivity contribution in [1.29, 1.82) is 0 Å². The maximum atomic E-state index is 13.9. The van der Waals surface area contributed by atoms with E-state index in [1.54, 1.807) is 0 Å². The predicted molar refractivity (Wildman–Crippen MR) is 61.5 cm³/mol. The molecule has 1 aromatic heterocycles. The Bertz CT molecular complexity index is 540. The monoisotopic (exact) mass is 237 g/mol. The molecule has 0 spiro atoms. The third-order valence-electron chi connectivity index (χ3n) is 2.43. The van der Waals surface area contributed by atoms with Crippen LogP contribution in [-0.2, 0) is 0 Å². The van der Waals surface area contributed by atoms with Gasteiger partial charge in [-0.3, -0.25) is 5.10 Å². The van der Waals surface area contributed by atoms with Gasteiger partial charge in [0.1, 0.15) is 11.6 Å². The summed E-state index contributed by atoms with van der Waals surface area (Å²) in [4.78, 5) is 0. The maximum Gasteiger partial charge on any atom is 0.163 e. The molecule has 0 saturated carbocycles. The number of nitrogens with one attached hydrogen (secondary N) is 1. The van der Waals surface area contributed by atoms with Gasteiger partial charge in [-0.2, -0.15) is 5.10 Å². The van der Waals surface area contributed by atoms with Crippen LogP contribution in [0.3, 0.4) is 0 Å². The second kappa shape index (κ2) is 4.32. The summed E-state index contributed by atoms with van der Waals surface area (Å²) < 4.78 is 24.0. The van der Waals surface area contributed by atoms with Crippen LogP contribution in [0.4, 0.5) is 10.2 Å². The summed E-state index contributed by atoms with van der Waals surface area (Å²) >= 11 is 0. The highest BCUT2D eigenvalue weighted by molar-refractivity contribution is 5.75. The van der Waals surface area contributed by atoms with Crippen LogP contribution in [0.1, 0.15) is 0 Å². The Morgan fingerprint density at radius 3 is 2.35 bits per heavy atom. The molecule has 90 valence electrons. The second-order valence-corrected chi connectivity index (χ2v) is 3.38. The van der Waals surface area contributed by atoms with Crippen molar-refractivity contribution in [3.63, 3.8) is 0 Å². The Hall–Kier alpha value is -2.24. The topological polar surface area (TPSA) is 73.2 Å². The molecule has 0 bridgehead atoms. The van der Waals surface area contributed by atoms with Gasteiger partial charge in [0, 0.05) is 17.2 Å². The molecule has 2 aromatic rings. The number of aromatic nitrogens is 2. The number of H-pyrrole nitrogens is 1. The molecule has 1 aromatic carbocycles. The van der Waals surface area contributed by atoms with E-state index in [1.807, 2.05) is 0 Å². The first-order valence-corrected chi connectivity index (χ1v) is 4.88. The zero-order chi connectivity index (χ0) is 12.4. The SMILES string of the molecule is COc1cc(F)c(-c2cn[nH]c2N)cc1OC. The summed E-state index contributed by atoms with van der Waals surface area (Å²) in [6.07, 6.45) is 1.46. The highest BCUT2D eigenvalue weighted by Gasteiger charge is 2.15.